The molecule has 30 heavy (non-hydrogen) atoms. The van der Waals surface area contributed by atoms with E-state index in [1.807, 2.05) is 67.5 Å². The molecule has 1 aliphatic rings. The number of sulfonamides is 1. The number of anilines is 1. The Labute approximate surface area is 186 Å². The van der Waals surface area contributed by atoms with Crippen LogP contribution in [-0.4, -0.2) is 46.5 Å². The summed E-state index contributed by atoms with van der Waals surface area (Å²) in [6, 6.07) is 21.5. The standard InChI is InChI=1S/C23H27N3O2S.H2S/c1-25(2)22-12-6-11-21-20(22)10-7-13-23(21)29(27,28)24-19-14-15-26(17-19)16-18-8-4-3-5-9-18;/h3-13,19,24H,14-17H2,1-2H3;1H2/t19-;/m0./s1. The molecule has 0 aromatic heterocycles. The summed E-state index contributed by atoms with van der Waals surface area (Å²) < 4.78 is 29.4. The number of hydrogen-bond acceptors (Lipinski definition) is 4. The van der Waals surface area contributed by atoms with Crippen LogP contribution in [0.4, 0.5) is 5.69 Å². The van der Waals surface area contributed by atoms with Gasteiger partial charge < -0.3 is 4.90 Å². The zero-order valence-corrected chi connectivity index (χ0v) is 19.2. The quantitative estimate of drug-likeness (QED) is 0.633. The molecule has 3 aromatic carbocycles. The monoisotopic (exact) mass is 443 g/mol. The van der Waals surface area contributed by atoms with E-state index in [9.17, 15) is 8.42 Å². The van der Waals surface area contributed by atoms with Gasteiger partial charge in [-0.25, -0.2) is 13.1 Å². The van der Waals surface area contributed by atoms with E-state index in [4.69, 9.17) is 0 Å². The second-order valence-corrected chi connectivity index (χ2v) is 9.53. The third-order valence-electron chi connectivity index (χ3n) is 5.47. The predicted octanol–water partition coefficient (Wildman–Crippen LogP) is 3.57. The zero-order chi connectivity index (χ0) is 20.4. The molecule has 4 rings (SSSR count). The van der Waals surface area contributed by atoms with Crippen LogP contribution in [0.3, 0.4) is 0 Å². The van der Waals surface area contributed by atoms with Crippen LogP contribution in [0.1, 0.15) is 12.0 Å². The van der Waals surface area contributed by atoms with Crippen LogP contribution in [0, 0.1) is 0 Å². The molecule has 1 aliphatic heterocycles. The molecule has 1 saturated heterocycles. The molecule has 1 fully saturated rings. The van der Waals surface area contributed by atoms with Crippen molar-refractivity contribution in [3.63, 3.8) is 0 Å². The molecule has 0 aliphatic carbocycles. The lowest BCUT2D eigenvalue weighted by Gasteiger charge is -2.19. The fourth-order valence-corrected chi connectivity index (χ4v) is 5.57. The highest BCUT2D eigenvalue weighted by Crippen LogP contribution is 2.30. The number of likely N-dealkylation sites (tertiary alicyclic amines) is 1. The van der Waals surface area contributed by atoms with E-state index in [1.54, 1.807) is 6.07 Å². The van der Waals surface area contributed by atoms with E-state index in [0.717, 1.165) is 42.5 Å². The minimum absolute atomic E-state index is 0. The van der Waals surface area contributed by atoms with Gasteiger partial charge in [-0.15, -0.1) is 0 Å². The first-order valence-corrected chi connectivity index (χ1v) is 11.4. The van der Waals surface area contributed by atoms with Crippen molar-refractivity contribution >= 4 is 40.0 Å². The molecule has 0 spiro atoms. The number of nitrogens with one attached hydrogen (secondary N) is 1. The fourth-order valence-electron chi connectivity index (χ4n) is 4.09. The van der Waals surface area contributed by atoms with Crippen LogP contribution >= 0.6 is 13.5 Å². The second-order valence-electron chi connectivity index (χ2n) is 7.85. The minimum atomic E-state index is -3.60. The number of benzene rings is 3. The Morgan fingerprint density at radius 1 is 0.967 bits per heavy atom. The van der Waals surface area contributed by atoms with Crippen LogP contribution in [0.5, 0.6) is 0 Å². The Kier molecular flexibility index (Phi) is 7.08. The molecule has 160 valence electrons. The molecule has 0 radical (unpaired) electrons. The summed E-state index contributed by atoms with van der Waals surface area (Å²) in [5.41, 5.74) is 2.26. The maximum Gasteiger partial charge on any atom is 0.241 e. The molecule has 0 amide bonds. The Bertz CT molecular complexity index is 1100. The first-order valence-electron chi connectivity index (χ1n) is 9.92. The van der Waals surface area contributed by atoms with Crippen molar-refractivity contribution in [3.8, 4) is 0 Å². The van der Waals surface area contributed by atoms with Gasteiger partial charge in [-0.05, 0) is 24.1 Å². The van der Waals surface area contributed by atoms with E-state index in [-0.39, 0.29) is 19.5 Å². The highest BCUT2D eigenvalue weighted by atomic mass is 32.2. The first-order chi connectivity index (χ1) is 13.9. The Hall–Kier alpha value is -2.06. The molecule has 1 heterocycles. The maximum atomic E-state index is 13.2. The van der Waals surface area contributed by atoms with Crippen LogP contribution in [0.25, 0.3) is 10.8 Å². The van der Waals surface area contributed by atoms with Crippen LogP contribution < -0.4 is 9.62 Å². The Morgan fingerprint density at radius 2 is 1.67 bits per heavy atom. The van der Waals surface area contributed by atoms with E-state index < -0.39 is 10.0 Å². The molecule has 0 unspecified atom stereocenters. The average molecular weight is 444 g/mol. The van der Waals surface area contributed by atoms with Crippen molar-refractivity contribution in [1.29, 1.82) is 0 Å². The third kappa shape index (κ3) is 4.81. The van der Waals surface area contributed by atoms with Gasteiger partial charge in [0.05, 0.1) is 4.90 Å². The third-order valence-corrected chi connectivity index (χ3v) is 7.05. The summed E-state index contributed by atoms with van der Waals surface area (Å²) in [6.07, 6.45) is 0.819. The number of fused-ring (bicyclic) bond motifs is 1. The lowest BCUT2D eigenvalue weighted by molar-refractivity contribution is 0.324. The van der Waals surface area contributed by atoms with Gasteiger partial charge in [0.25, 0.3) is 0 Å². The summed E-state index contributed by atoms with van der Waals surface area (Å²) >= 11 is 0. The zero-order valence-electron chi connectivity index (χ0n) is 17.4. The summed E-state index contributed by atoms with van der Waals surface area (Å²) in [5.74, 6) is 0. The molecule has 0 bridgehead atoms. The number of nitrogens with zero attached hydrogens (tertiary/aromatic N) is 2. The topological polar surface area (TPSA) is 52.7 Å². The van der Waals surface area contributed by atoms with E-state index in [1.165, 1.54) is 5.56 Å². The number of rotatable bonds is 6. The highest BCUT2D eigenvalue weighted by Gasteiger charge is 2.28. The van der Waals surface area contributed by atoms with Crippen LogP contribution in [-0.2, 0) is 16.6 Å². The van der Waals surface area contributed by atoms with Gasteiger partial charge in [0, 0.05) is 56.2 Å². The van der Waals surface area contributed by atoms with E-state index in [0.29, 0.717) is 4.90 Å². The molecule has 3 aromatic rings. The van der Waals surface area contributed by atoms with Gasteiger partial charge in [-0.1, -0.05) is 54.6 Å². The van der Waals surface area contributed by atoms with Gasteiger partial charge in [0.2, 0.25) is 10.0 Å². The van der Waals surface area contributed by atoms with Crippen molar-refractivity contribution in [3.05, 3.63) is 72.3 Å². The van der Waals surface area contributed by atoms with Crippen molar-refractivity contribution in [1.82, 2.24) is 9.62 Å². The molecular weight excluding hydrogens is 414 g/mol. The molecule has 1 atom stereocenters. The molecular formula is C23H29N3O2S2. The molecule has 5 nitrogen and oxygen atoms in total. The maximum absolute atomic E-state index is 13.2. The normalized spacial score (nSPS) is 17.1. The SMILES string of the molecule is CN(C)c1cccc2c(S(=O)(=O)N[C@H]3CCN(Cc4ccccc4)C3)cccc12.S. The van der Waals surface area contributed by atoms with Gasteiger partial charge in [-0.3, -0.25) is 4.90 Å². The number of hydrogen-bond donors (Lipinski definition) is 1. The van der Waals surface area contributed by atoms with Gasteiger partial charge in [-0.2, -0.15) is 13.5 Å². The van der Waals surface area contributed by atoms with Crippen LogP contribution in [0.15, 0.2) is 71.6 Å². The van der Waals surface area contributed by atoms with Gasteiger partial charge in [0.1, 0.15) is 0 Å². The Balaban J connectivity index is 0.00000256. The van der Waals surface area contributed by atoms with E-state index in [2.05, 4.69) is 21.8 Å². The van der Waals surface area contributed by atoms with Crippen molar-refractivity contribution in [2.24, 2.45) is 0 Å². The summed E-state index contributed by atoms with van der Waals surface area (Å²) in [4.78, 5) is 4.65. The van der Waals surface area contributed by atoms with E-state index >= 15 is 0 Å². The average Bonchev–Trinajstić information content (AvgIpc) is 3.13. The van der Waals surface area contributed by atoms with Crippen molar-refractivity contribution in [2.75, 3.05) is 32.1 Å². The largest absolute Gasteiger partial charge is 0.377 e. The lowest BCUT2D eigenvalue weighted by Crippen LogP contribution is -2.37. The molecule has 0 saturated carbocycles. The van der Waals surface area contributed by atoms with Gasteiger partial charge >= 0.3 is 0 Å². The summed E-state index contributed by atoms with van der Waals surface area (Å²) in [5, 5.41) is 1.70. The lowest BCUT2D eigenvalue weighted by atomic mass is 10.1. The second kappa shape index (κ2) is 9.39. The van der Waals surface area contributed by atoms with Crippen molar-refractivity contribution in [2.45, 2.75) is 23.9 Å². The molecule has 1 N–H and O–H groups in total. The smallest absolute Gasteiger partial charge is 0.241 e. The fraction of sp³-hybridized carbons (Fsp3) is 0.304. The summed E-state index contributed by atoms with van der Waals surface area (Å²) in [6.45, 7) is 2.46. The van der Waals surface area contributed by atoms with Gasteiger partial charge in [0.15, 0.2) is 0 Å². The predicted molar refractivity (Wildman–Crippen MR) is 129 cm³/mol. The first kappa shape index (κ1) is 22.6. The van der Waals surface area contributed by atoms with Crippen molar-refractivity contribution < 1.29 is 8.42 Å². The summed E-state index contributed by atoms with van der Waals surface area (Å²) in [7, 11) is 0.328. The highest BCUT2D eigenvalue weighted by molar-refractivity contribution is 7.89. The minimum Gasteiger partial charge on any atom is -0.377 e. The molecule has 7 heteroatoms. The Morgan fingerprint density at radius 3 is 2.40 bits per heavy atom. The van der Waals surface area contributed by atoms with Crippen LogP contribution in [0.2, 0.25) is 0 Å².